The van der Waals surface area contributed by atoms with E-state index in [-0.39, 0.29) is 12.5 Å². The maximum atomic E-state index is 13.4. The molecule has 0 spiro atoms. The first-order chi connectivity index (χ1) is 19.2. The van der Waals surface area contributed by atoms with Gasteiger partial charge in [0.05, 0.1) is 31.4 Å². The summed E-state index contributed by atoms with van der Waals surface area (Å²) in [6.07, 6.45) is -4.58. The number of aromatic amines is 1. The monoisotopic (exact) mass is 577 g/mol. The topological polar surface area (TPSA) is 130 Å². The molecular formula is C29H34F3N3O6. The van der Waals surface area contributed by atoms with Crippen molar-refractivity contribution in [3.05, 3.63) is 82.7 Å². The largest absolute Gasteiger partial charge is 0.497 e. The van der Waals surface area contributed by atoms with E-state index >= 15 is 0 Å². The molecule has 1 heterocycles. The SMILES string of the molecule is CCOC(=O)c1c(CNc2ccc(OC)cc2)[nH]c(C(=O)NC(C)(C)c2ccccc2)c1CC.O=C(O)C(F)(F)F. The number of aliphatic carboxylic acids is 1. The maximum Gasteiger partial charge on any atom is 0.490 e. The summed E-state index contributed by atoms with van der Waals surface area (Å²) in [6, 6.07) is 17.3. The van der Waals surface area contributed by atoms with Crippen LogP contribution in [0.5, 0.6) is 5.75 Å². The predicted molar refractivity (Wildman–Crippen MR) is 147 cm³/mol. The highest BCUT2D eigenvalue weighted by Gasteiger charge is 2.38. The van der Waals surface area contributed by atoms with Gasteiger partial charge < -0.3 is 30.2 Å². The van der Waals surface area contributed by atoms with Crippen LogP contribution in [-0.4, -0.2) is 47.8 Å². The van der Waals surface area contributed by atoms with Gasteiger partial charge in [-0.1, -0.05) is 37.3 Å². The Kier molecular flexibility index (Phi) is 11.4. The van der Waals surface area contributed by atoms with Gasteiger partial charge in [-0.3, -0.25) is 4.79 Å². The summed E-state index contributed by atoms with van der Waals surface area (Å²) in [5, 5.41) is 13.5. The van der Waals surface area contributed by atoms with Crippen molar-refractivity contribution >= 4 is 23.5 Å². The second kappa shape index (κ2) is 14.2. The van der Waals surface area contributed by atoms with E-state index in [0.717, 1.165) is 17.0 Å². The number of hydrogen-bond donors (Lipinski definition) is 4. The van der Waals surface area contributed by atoms with E-state index in [0.29, 0.717) is 35.5 Å². The molecule has 222 valence electrons. The molecule has 0 aliphatic carbocycles. The van der Waals surface area contributed by atoms with Crippen LogP contribution < -0.4 is 15.4 Å². The highest BCUT2D eigenvalue weighted by molar-refractivity contribution is 6.01. The number of carboxylic acids is 1. The van der Waals surface area contributed by atoms with Crippen LogP contribution in [0.1, 0.15) is 65.4 Å². The maximum absolute atomic E-state index is 13.4. The van der Waals surface area contributed by atoms with Gasteiger partial charge in [-0.2, -0.15) is 13.2 Å². The van der Waals surface area contributed by atoms with E-state index in [9.17, 15) is 22.8 Å². The van der Waals surface area contributed by atoms with Gasteiger partial charge in [-0.05, 0) is 62.6 Å². The lowest BCUT2D eigenvalue weighted by atomic mass is 9.94. The van der Waals surface area contributed by atoms with Crippen LogP contribution in [0.25, 0.3) is 0 Å². The fraction of sp³-hybridized carbons (Fsp3) is 0.345. The van der Waals surface area contributed by atoms with E-state index in [2.05, 4.69) is 15.6 Å². The molecule has 2 aromatic carbocycles. The minimum atomic E-state index is -5.08. The number of ether oxygens (including phenoxy) is 2. The summed E-state index contributed by atoms with van der Waals surface area (Å²) in [5.41, 5.74) is 3.29. The number of methoxy groups -OCH3 is 1. The van der Waals surface area contributed by atoms with Crippen molar-refractivity contribution in [3.63, 3.8) is 0 Å². The Morgan fingerprint density at radius 3 is 2.05 bits per heavy atom. The van der Waals surface area contributed by atoms with Crippen LogP contribution in [0, 0.1) is 0 Å². The predicted octanol–water partition coefficient (Wildman–Crippen LogP) is 5.67. The lowest BCUT2D eigenvalue weighted by Gasteiger charge is -2.27. The number of carboxylic acid groups (broad SMARTS) is 1. The Hall–Kier alpha value is -4.48. The first kappa shape index (κ1) is 32.7. The Morgan fingerprint density at radius 1 is 0.976 bits per heavy atom. The van der Waals surface area contributed by atoms with Crippen LogP contribution in [0.2, 0.25) is 0 Å². The number of anilines is 1. The standard InChI is InChI=1S/C27H33N3O4.C2HF3O2/c1-6-21-23(26(32)34-7-2)22(17-28-19-13-15-20(33-5)16-14-19)29-24(21)25(31)30-27(3,4)18-11-9-8-10-12-18;3-2(4,5)1(6)7/h8-16,28-29H,6-7,17H2,1-5H3,(H,30,31);(H,6,7). The smallest absolute Gasteiger partial charge is 0.490 e. The van der Waals surface area contributed by atoms with E-state index in [4.69, 9.17) is 19.4 Å². The zero-order chi connectivity index (χ0) is 30.8. The molecule has 9 nitrogen and oxygen atoms in total. The summed E-state index contributed by atoms with van der Waals surface area (Å²) in [6.45, 7) is 8.16. The normalized spacial score (nSPS) is 11.1. The molecule has 0 saturated heterocycles. The number of benzene rings is 2. The van der Waals surface area contributed by atoms with E-state index < -0.39 is 23.7 Å². The van der Waals surface area contributed by atoms with E-state index in [1.165, 1.54) is 0 Å². The third kappa shape index (κ3) is 9.02. The minimum Gasteiger partial charge on any atom is -0.497 e. The van der Waals surface area contributed by atoms with Crippen LogP contribution in [0.15, 0.2) is 54.6 Å². The molecular weight excluding hydrogens is 543 g/mol. The molecule has 0 unspecified atom stereocenters. The Bertz CT molecular complexity index is 1320. The van der Waals surface area contributed by atoms with Crippen molar-refractivity contribution in [2.45, 2.75) is 52.4 Å². The molecule has 0 aliphatic heterocycles. The van der Waals surface area contributed by atoms with Crippen LogP contribution in [0.4, 0.5) is 18.9 Å². The molecule has 3 aromatic rings. The van der Waals surface area contributed by atoms with Crippen molar-refractivity contribution in [1.29, 1.82) is 0 Å². The molecule has 4 N–H and O–H groups in total. The summed E-state index contributed by atoms with van der Waals surface area (Å²) >= 11 is 0. The molecule has 41 heavy (non-hydrogen) atoms. The Balaban J connectivity index is 0.000000745. The number of amides is 1. The van der Waals surface area contributed by atoms with Crippen LogP contribution >= 0.6 is 0 Å². The summed E-state index contributed by atoms with van der Waals surface area (Å²) in [7, 11) is 1.62. The summed E-state index contributed by atoms with van der Waals surface area (Å²) in [5.74, 6) is -2.71. The fourth-order valence-electron chi connectivity index (χ4n) is 3.90. The number of esters is 1. The molecule has 12 heteroatoms. The van der Waals surface area contributed by atoms with Gasteiger partial charge in [0.25, 0.3) is 5.91 Å². The van der Waals surface area contributed by atoms with Crippen molar-refractivity contribution < 1.29 is 42.1 Å². The average molecular weight is 578 g/mol. The number of rotatable bonds is 10. The lowest BCUT2D eigenvalue weighted by molar-refractivity contribution is -0.192. The molecule has 0 aliphatic rings. The molecule has 0 radical (unpaired) electrons. The zero-order valence-electron chi connectivity index (χ0n) is 23.4. The fourth-order valence-corrected chi connectivity index (χ4v) is 3.90. The number of aromatic nitrogens is 1. The van der Waals surface area contributed by atoms with Gasteiger partial charge in [0.1, 0.15) is 11.4 Å². The van der Waals surface area contributed by atoms with Gasteiger partial charge in [-0.25, -0.2) is 9.59 Å². The minimum absolute atomic E-state index is 0.251. The van der Waals surface area contributed by atoms with Crippen molar-refractivity contribution in [2.75, 3.05) is 19.0 Å². The second-order valence-corrected chi connectivity index (χ2v) is 9.24. The number of halogens is 3. The number of nitrogens with one attached hydrogen (secondary N) is 3. The zero-order valence-corrected chi connectivity index (χ0v) is 23.4. The molecule has 1 amide bonds. The Morgan fingerprint density at radius 2 is 1.56 bits per heavy atom. The van der Waals surface area contributed by atoms with E-state index in [1.807, 2.05) is 75.4 Å². The van der Waals surface area contributed by atoms with Gasteiger partial charge in [0.2, 0.25) is 0 Å². The van der Waals surface area contributed by atoms with Crippen LogP contribution in [-0.2, 0) is 28.0 Å². The number of H-pyrrole nitrogens is 1. The van der Waals surface area contributed by atoms with Gasteiger partial charge in [0.15, 0.2) is 0 Å². The number of alkyl halides is 3. The van der Waals surface area contributed by atoms with Crippen molar-refractivity contribution in [1.82, 2.24) is 10.3 Å². The third-order valence-corrected chi connectivity index (χ3v) is 5.96. The average Bonchev–Trinajstić information content (AvgIpc) is 3.31. The number of carbonyl (C=O) groups is 3. The van der Waals surface area contributed by atoms with Gasteiger partial charge >= 0.3 is 18.1 Å². The molecule has 3 rings (SSSR count). The summed E-state index contributed by atoms with van der Waals surface area (Å²) < 4.78 is 42.3. The Labute approximate surface area is 236 Å². The molecule has 0 saturated carbocycles. The first-order valence-corrected chi connectivity index (χ1v) is 12.7. The molecule has 1 aromatic heterocycles. The number of carbonyl (C=O) groups excluding carboxylic acids is 2. The summed E-state index contributed by atoms with van der Waals surface area (Å²) in [4.78, 5) is 38.3. The van der Waals surface area contributed by atoms with Gasteiger partial charge in [-0.15, -0.1) is 0 Å². The first-order valence-electron chi connectivity index (χ1n) is 12.7. The molecule has 0 bridgehead atoms. The van der Waals surface area contributed by atoms with Gasteiger partial charge in [0, 0.05) is 11.4 Å². The van der Waals surface area contributed by atoms with Crippen molar-refractivity contribution in [2.24, 2.45) is 0 Å². The van der Waals surface area contributed by atoms with E-state index in [1.54, 1.807) is 14.0 Å². The van der Waals surface area contributed by atoms with Crippen molar-refractivity contribution in [3.8, 4) is 5.75 Å². The second-order valence-electron chi connectivity index (χ2n) is 9.24. The highest BCUT2D eigenvalue weighted by atomic mass is 19.4. The van der Waals surface area contributed by atoms with Crippen LogP contribution in [0.3, 0.4) is 0 Å². The highest BCUT2D eigenvalue weighted by Crippen LogP contribution is 2.26. The number of hydrogen-bond acceptors (Lipinski definition) is 6. The third-order valence-electron chi connectivity index (χ3n) is 5.96. The quantitative estimate of drug-likeness (QED) is 0.228. The lowest BCUT2D eigenvalue weighted by Crippen LogP contribution is -2.41. The molecule has 0 atom stereocenters. The molecule has 0 fully saturated rings.